The van der Waals surface area contributed by atoms with E-state index in [0.717, 1.165) is 0 Å². The second-order valence-corrected chi connectivity index (χ2v) is 8.83. The molecule has 0 aliphatic rings. The molecule has 0 radical (unpaired) electrons. The van der Waals surface area contributed by atoms with E-state index in [1.54, 1.807) is 34.6 Å². The fourth-order valence-corrected chi connectivity index (χ4v) is 2.52. The van der Waals surface area contributed by atoms with E-state index in [4.69, 9.17) is 0 Å². The monoisotopic (exact) mass is 357 g/mol. The molecule has 25 heavy (non-hydrogen) atoms. The zero-order valence-corrected chi connectivity index (χ0v) is 16.2. The Morgan fingerprint density at radius 3 is 1.72 bits per heavy atom. The van der Waals surface area contributed by atoms with Crippen molar-refractivity contribution in [2.75, 3.05) is 0 Å². The van der Waals surface area contributed by atoms with Crippen LogP contribution in [0.25, 0.3) is 0 Å². The van der Waals surface area contributed by atoms with E-state index in [-0.39, 0.29) is 25.0 Å². The topological polar surface area (TPSA) is 121 Å². The van der Waals surface area contributed by atoms with Gasteiger partial charge in [-0.2, -0.15) is 0 Å². The SMILES string of the molecule is CC(C)(C)C(=O)CC[C@@H](NC(=O)C(C)(C)CC(C)(C)C(=O)O)C(=O)O. The van der Waals surface area contributed by atoms with Crippen molar-refractivity contribution in [1.82, 2.24) is 5.32 Å². The standard InChI is InChI=1S/C18H31NO6/c1-16(2,3)12(20)9-8-11(13(21)22)19-14(23)17(4,5)10-18(6,7)15(24)25/h11H,8-10H2,1-7H3,(H,19,23)(H,21,22)(H,24,25)/t11-/m1/s1. The number of ketones is 1. The molecule has 0 rings (SSSR count). The van der Waals surface area contributed by atoms with Gasteiger partial charge in [0, 0.05) is 17.3 Å². The largest absolute Gasteiger partial charge is 0.481 e. The van der Waals surface area contributed by atoms with Gasteiger partial charge in [-0.3, -0.25) is 14.4 Å². The summed E-state index contributed by atoms with van der Waals surface area (Å²) in [5.41, 5.74) is -2.76. The third kappa shape index (κ3) is 7.23. The van der Waals surface area contributed by atoms with Gasteiger partial charge in [0.15, 0.2) is 0 Å². The van der Waals surface area contributed by atoms with Gasteiger partial charge in [0.25, 0.3) is 0 Å². The molecule has 0 saturated carbocycles. The van der Waals surface area contributed by atoms with E-state index in [1.807, 2.05) is 0 Å². The number of Topliss-reactive ketones (excluding diaryl/α,β-unsaturated/α-hetero) is 1. The number of amides is 1. The molecule has 7 nitrogen and oxygen atoms in total. The van der Waals surface area contributed by atoms with Crippen molar-refractivity contribution in [2.24, 2.45) is 16.2 Å². The molecule has 7 heteroatoms. The third-order valence-corrected chi connectivity index (χ3v) is 4.18. The summed E-state index contributed by atoms with van der Waals surface area (Å²) in [5, 5.41) is 21.0. The highest BCUT2D eigenvalue weighted by atomic mass is 16.4. The maximum atomic E-state index is 12.5. The van der Waals surface area contributed by atoms with Crippen LogP contribution in [-0.2, 0) is 19.2 Å². The van der Waals surface area contributed by atoms with Crippen LogP contribution in [0.4, 0.5) is 0 Å². The third-order valence-electron chi connectivity index (χ3n) is 4.18. The summed E-state index contributed by atoms with van der Waals surface area (Å²) in [7, 11) is 0. The first-order valence-corrected chi connectivity index (χ1v) is 8.31. The first-order valence-electron chi connectivity index (χ1n) is 8.31. The van der Waals surface area contributed by atoms with Crippen LogP contribution in [0.1, 0.15) is 67.7 Å². The van der Waals surface area contributed by atoms with Gasteiger partial charge < -0.3 is 15.5 Å². The van der Waals surface area contributed by atoms with Crippen LogP contribution >= 0.6 is 0 Å². The fourth-order valence-electron chi connectivity index (χ4n) is 2.52. The molecule has 3 N–H and O–H groups in total. The minimum Gasteiger partial charge on any atom is -0.481 e. The number of carbonyl (C=O) groups excluding carboxylic acids is 2. The molecular formula is C18H31NO6. The van der Waals surface area contributed by atoms with Crippen LogP contribution in [0, 0.1) is 16.2 Å². The predicted molar refractivity (Wildman–Crippen MR) is 93.1 cm³/mol. The Morgan fingerprint density at radius 1 is 0.880 bits per heavy atom. The van der Waals surface area contributed by atoms with Gasteiger partial charge in [0.05, 0.1) is 5.41 Å². The molecule has 0 bridgehead atoms. The number of carbonyl (C=O) groups is 4. The van der Waals surface area contributed by atoms with Gasteiger partial charge in [-0.1, -0.05) is 34.6 Å². The van der Waals surface area contributed by atoms with Gasteiger partial charge in [0.2, 0.25) is 5.91 Å². The van der Waals surface area contributed by atoms with Crippen LogP contribution in [0.3, 0.4) is 0 Å². The molecule has 0 fully saturated rings. The lowest BCUT2D eigenvalue weighted by molar-refractivity contribution is -0.151. The Labute approximate surface area is 149 Å². The minimum absolute atomic E-state index is 0.00438. The number of hydrogen-bond donors (Lipinski definition) is 3. The Balaban J connectivity index is 5.03. The molecule has 0 aliphatic carbocycles. The lowest BCUT2D eigenvalue weighted by atomic mass is 9.74. The lowest BCUT2D eigenvalue weighted by Crippen LogP contribution is -2.48. The van der Waals surface area contributed by atoms with E-state index in [0.29, 0.717) is 0 Å². The zero-order valence-electron chi connectivity index (χ0n) is 16.2. The Kier molecular flexibility index (Phi) is 7.36. The van der Waals surface area contributed by atoms with Crippen LogP contribution in [-0.4, -0.2) is 39.9 Å². The fraction of sp³-hybridized carbons (Fsp3) is 0.778. The van der Waals surface area contributed by atoms with Gasteiger partial charge in [-0.05, 0) is 26.7 Å². The zero-order chi connectivity index (χ0) is 20.2. The summed E-state index contributed by atoms with van der Waals surface area (Å²) in [4.78, 5) is 47.1. The smallest absolute Gasteiger partial charge is 0.326 e. The number of aliphatic carboxylic acids is 2. The molecule has 0 unspecified atom stereocenters. The minimum atomic E-state index is -1.22. The Hall–Kier alpha value is -1.92. The number of carboxylic acid groups (broad SMARTS) is 2. The van der Waals surface area contributed by atoms with Crippen LogP contribution in [0.2, 0.25) is 0 Å². The number of carboxylic acids is 2. The second kappa shape index (κ2) is 7.97. The maximum absolute atomic E-state index is 12.5. The van der Waals surface area contributed by atoms with E-state index in [9.17, 15) is 29.4 Å². The highest BCUT2D eigenvalue weighted by Crippen LogP contribution is 2.34. The van der Waals surface area contributed by atoms with Crippen molar-refractivity contribution in [3.05, 3.63) is 0 Å². The molecule has 0 saturated heterocycles. The highest BCUT2D eigenvalue weighted by Gasteiger charge is 2.40. The Morgan fingerprint density at radius 2 is 1.36 bits per heavy atom. The summed E-state index contributed by atoms with van der Waals surface area (Å²) in [5.74, 6) is -2.88. The molecule has 0 heterocycles. The van der Waals surface area contributed by atoms with Crippen LogP contribution in [0.5, 0.6) is 0 Å². The van der Waals surface area contributed by atoms with E-state index in [1.165, 1.54) is 13.8 Å². The molecule has 1 atom stereocenters. The summed E-state index contributed by atoms with van der Waals surface area (Å²) >= 11 is 0. The molecule has 144 valence electrons. The first-order chi connectivity index (χ1) is 11.0. The molecule has 0 aromatic carbocycles. The van der Waals surface area contributed by atoms with Crippen molar-refractivity contribution >= 4 is 23.6 Å². The average Bonchev–Trinajstić information content (AvgIpc) is 2.39. The summed E-state index contributed by atoms with van der Waals surface area (Å²) in [6, 6.07) is -1.19. The van der Waals surface area contributed by atoms with Crippen molar-refractivity contribution < 1.29 is 29.4 Å². The van der Waals surface area contributed by atoms with Gasteiger partial charge in [0.1, 0.15) is 11.8 Å². The lowest BCUT2D eigenvalue weighted by Gasteiger charge is -2.32. The predicted octanol–water partition coefficient (Wildman–Crippen LogP) is 2.48. The molecule has 0 aromatic heterocycles. The first kappa shape index (κ1) is 23.1. The number of rotatable bonds is 9. The number of hydrogen-bond acceptors (Lipinski definition) is 4. The van der Waals surface area contributed by atoms with Crippen molar-refractivity contribution in [3.8, 4) is 0 Å². The quantitative estimate of drug-likeness (QED) is 0.583. The van der Waals surface area contributed by atoms with E-state index >= 15 is 0 Å². The summed E-state index contributed by atoms with van der Waals surface area (Å²) in [6.07, 6.45) is 0.0891. The molecule has 0 aliphatic heterocycles. The van der Waals surface area contributed by atoms with E-state index < -0.39 is 40.1 Å². The van der Waals surface area contributed by atoms with E-state index in [2.05, 4.69) is 5.32 Å². The average molecular weight is 357 g/mol. The maximum Gasteiger partial charge on any atom is 0.326 e. The van der Waals surface area contributed by atoms with Crippen LogP contribution in [0.15, 0.2) is 0 Å². The molecule has 0 spiro atoms. The van der Waals surface area contributed by atoms with Crippen molar-refractivity contribution in [1.29, 1.82) is 0 Å². The molecular weight excluding hydrogens is 326 g/mol. The van der Waals surface area contributed by atoms with Crippen molar-refractivity contribution in [3.63, 3.8) is 0 Å². The second-order valence-electron chi connectivity index (χ2n) is 8.83. The van der Waals surface area contributed by atoms with Gasteiger partial charge in [-0.15, -0.1) is 0 Å². The normalized spacial score (nSPS) is 13.9. The molecule has 0 aromatic rings. The molecule has 1 amide bonds. The summed E-state index contributed by atoms with van der Waals surface area (Å²) in [6.45, 7) is 11.4. The number of nitrogens with one attached hydrogen (secondary N) is 1. The van der Waals surface area contributed by atoms with Crippen LogP contribution < -0.4 is 5.32 Å². The van der Waals surface area contributed by atoms with Crippen molar-refractivity contribution in [2.45, 2.75) is 73.8 Å². The summed E-state index contributed by atoms with van der Waals surface area (Å²) < 4.78 is 0. The highest BCUT2D eigenvalue weighted by molar-refractivity contribution is 5.88. The van der Waals surface area contributed by atoms with Gasteiger partial charge in [-0.25, -0.2) is 4.79 Å². The Bertz CT molecular complexity index is 542. The van der Waals surface area contributed by atoms with Gasteiger partial charge >= 0.3 is 11.9 Å².